The van der Waals surface area contributed by atoms with Gasteiger partial charge < -0.3 is 14.5 Å². The Kier molecular flexibility index (Phi) is 3.20. The molecule has 0 atom stereocenters. The molecule has 0 fully saturated rings. The van der Waals surface area contributed by atoms with E-state index in [1.165, 1.54) is 16.3 Å². The van der Waals surface area contributed by atoms with Gasteiger partial charge in [0, 0.05) is 39.8 Å². The molecule has 2 N–H and O–H groups in total. The molecular formula is C24H18N4. The predicted octanol–water partition coefficient (Wildman–Crippen LogP) is 5.71. The van der Waals surface area contributed by atoms with Gasteiger partial charge in [0.1, 0.15) is 5.82 Å². The van der Waals surface area contributed by atoms with E-state index in [2.05, 4.69) is 93.7 Å². The SMILES string of the molecule is c1ccc2c(c1)nc(-c1c[nH]c3ccccc13)n2Cc1c[nH]c2ccccc12. The first-order valence-electron chi connectivity index (χ1n) is 9.45. The smallest absolute Gasteiger partial charge is 0.143 e. The normalized spacial score (nSPS) is 11.7. The van der Waals surface area contributed by atoms with Crippen molar-refractivity contribution < 1.29 is 0 Å². The lowest BCUT2D eigenvalue weighted by Crippen LogP contribution is -2.01. The average Bonchev–Trinajstić information content (AvgIpc) is 3.44. The summed E-state index contributed by atoms with van der Waals surface area (Å²) in [6.07, 6.45) is 4.18. The molecule has 28 heavy (non-hydrogen) atoms. The number of para-hydroxylation sites is 4. The van der Waals surface area contributed by atoms with Crippen molar-refractivity contribution in [1.82, 2.24) is 19.5 Å². The number of rotatable bonds is 3. The highest BCUT2D eigenvalue weighted by Crippen LogP contribution is 2.32. The van der Waals surface area contributed by atoms with Crippen molar-refractivity contribution >= 4 is 32.8 Å². The van der Waals surface area contributed by atoms with Crippen LogP contribution < -0.4 is 0 Å². The quantitative estimate of drug-likeness (QED) is 0.416. The molecule has 4 nitrogen and oxygen atoms in total. The first-order valence-corrected chi connectivity index (χ1v) is 9.45. The summed E-state index contributed by atoms with van der Waals surface area (Å²) >= 11 is 0. The van der Waals surface area contributed by atoms with Crippen LogP contribution in [0.1, 0.15) is 5.56 Å². The summed E-state index contributed by atoms with van der Waals surface area (Å²) in [5, 5.41) is 2.45. The van der Waals surface area contributed by atoms with Crippen molar-refractivity contribution in [2.45, 2.75) is 6.54 Å². The number of fused-ring (bicyclic) bond motifs is 3. The minimum Gasteiger partial charge on any atom is -0.361 e. The van der Waals surface area contributed by atoms with Gasteiger partial charge in [-0.3, -0.25) is 0 Å². The van der Waals surface area contributed by atoms with E-state index in [4.69, 9.17) is 4.98 Å². The Morgan fingerprint density at radius 1 is 0.714 bits per heavy atom. The molecule has 134 valence electrons. The number of hydrogen-bond donors (Lipinski definition) is 2. The van der Waals surface area contributed by atoms with Crippen molar-refractivity contribution in [2.75, 3.05) is 0 Å². The van der Waals surface area contributed by atoms with Gasteiger partial charge in [0.2, 0.25) is 0 Å². The highest BCUT2D eigenvalue weighted by atomic mass is 15.1. The van der Waals surface area contributed by atoms with Crippen LogP contribution >= 0.6 is 0 Å². The molecule has 3 aromatic heterocycles. The van der Waals surface area contributed by atoms with Crippen molar-refractivity contribution in [3.05, 3.63) is 90.8 Å². The van der Waals surface area contributed by atoms with Gasteiger partial charge in [0.15, 0.2) is 0 Å². The summed E-state index contributed by atoms with van der Waals surface area (Å²) in [6, 6.07) is 25.2. The highest BCUT2D eigenvalue weighted by Gasteiger charge is 2.17. The number of nitrogens with one attached hydrogen (secondary N) is 2. The van der Waals surface area contributed by atoms with Crippen LogP contribution in [0.2, 0.25) is 0 Å². The average molecular weight is 362 g/mol. The zero-order chi connectivity index (χ0) is 18.5. The number of aromatic amines is 2. The molecule has 4 heteroatoms. The maximum absolute atomic E-state index is 5.00. The number of hydrogen-bond acceptors (Lipinski definition) is 1. The van der Waals surface area contributed by atoms with E-state index in [1.54, 1.807) is 0 Å². The Hall–Kier alpha value is -3.79. The Labute approximate surface area is 161 Å². The van der Waals surface area contributed by atoms with E-state index in [-0.39, 0.29) is 0 Å². The minimum absolute atomic E-state index is 0.763. The van der Waals surface area contributed by atoms with Crippen molar-refractivity contribution in [1.29, 1.82) is 0 Å². The highest BCUT2D eigenvalue weighted by molar-refractivity contribution is 5.96. The molecule has 0 aliphatic carbocycles. The summed E-state index contributed by atoms with van der Waals surface area (Å²) < 4.78 is 2.32. The zero-order valence-electron chi connectivity index (χ0n) is 15.2. The second kappa shape index (κ2) is 5.86. The van der Waals surface area contributed by atoms with Gasteiger partial charge in [0.05, 0.1) is 17.6 Å². The molecule has 0 radical (unpaired) electrons. The lowest BCUT2D eigenvalue weighted by molar-refractivity contribution is 0.841. The molecule has 3 aromatic carbocycles. The summed E-state index contributed by atoms with van der Waals surface area (Å²) in [4.78, 5) is 11.8. The van der Waals surface area contributed by atoms with Gasteiger partial charge in [-0.05, 0) is 29.8 Å². The van der Waals surface area contributed by atoms with E-state index in [1.807, 2.05) is 6.07 Å². The van der Waals surface area contributed by atoms with Crippen molar-refractivity contribution in [2.24, 2.45) is 0 Å². The number of benzene rings is 3. The summed E-state index contributed by atoms with van der Waals surface area (Å²) in [5.74, 6) is 0.990. The van der Waals surface area contributed by atoms with Gasteiger partial charge in [-0.2, -0.15) is 0 Å². The van der Waals surface area contributed by atoms with E-state index in [0.717, 1.165) is 40.0 Å². The van der Waals surface area contributed by atoms with Gasteiger partial charge in [-0.25, -0.2) is 4.98 Å². The molecule has 0 bridgehead atoms. The minimum atomic E-state index is 0.763. The molecule has 0 spiro atoms. The fraction of sp³-hybridized carbons (Fsp3) is 0.0417. The van der Waals surface area contributed by atoms with Crippen LogP contribution in [0.3, 0.4) is 0 Å². The predicted molar refractivity (Wildman–Crippen MR) is 114 cm³/mol. The Morgan fingerprint density at radius 3 is 2.29 bits per heavy atom. The second-order valence-electron chi connectivity index (χ2n) is 7.12. The lowest BCUT2D eigenvalue weighted by Gasteiger charge is -2.08. The molecule has 0 unspecified atom stereocenters. The van der Waals surface area contributed by atoms with Crippen LogP contribution in [0.25, 0.3) is 44.2 Å². The topological polar surface area (TPSA) is 49.4 Å². The second-order valence-corrected chi connectivity index (χ2v) is 7.12. The summed E-state index contributed by atoms with van der Waals surface area (Å²) in [6.45, 7) is 0.763. The fourth-order valence-electron chi connectivity index (χ4n) is 4.13. The Bertz CT molecular complexity index is 1450. The van der Waals surface area contributed by atoms with E-state index < -0.39 is 0 Å². The molecule has 6 aromatic rings. The summed E-state index contributed by atoms with van der Waals surface area (Å²) in [5.41, 5.74) is 6.85. The first-order chi connectivity index (χ1) is 13.9. The van der Waals surface area contributed by atoms with Crippen LogP contribution in [0, 0.1) is 0 Å². The van der Waals surface area contributed by atoms with Crippen LogP contribution in [-0.2, 0) is 6.54 Å². The van der Waals surface area contributed by atoms with Crippen LogP contribution in [0.5, 0.6) is 0 Å². The van der Waals surface area contributed by atoms with E-state index in [0.29, 0.717) is 0 Å². The van der Waals surface area contributed by atoms with Gasteiger partial charge in [-0.1, -0.05) is 48.5 Å². The standard InChI is InChI=1S/C24H18N4/c1-3-9-20-17(7-1)16(13-25-20)15-28-23-12-6-5-11-22(23)27-24(28)19-14-26-21-10-4-2-8-18(19)21/h1-14,25-26H,15H2. The maximum atomic E-state index is 5.00. The Balaban J connectivity index is 1.60. The number of imidazole rings is 1. The van der Waals surface area contributed by atoms with E-state index >= 15 is 0 Å². The van der Waals surface area contributed by atoms with Gasteiger partial charge in [0.25, 0.3) is 0 Å². The molecule has 0 saturated heterocycles. The van der Waals surface area contributed by atoms with Crippen LogP contribution in [0.15, 0.2) is 85.2 Å². The van der Waals surface area contributed by atoms with Crippen molar-refractivity contribution in [3.63, 3.8) is 0 Å². The summed E-state index contributed by atoms with van der Waals surface area (Å²) in [7, 11) is 0. The molecular weight excluding hydrogens is 344 g/mol. The largest absolute Gasteiger partial charge is 0.361 e. The van der Waals surface area contributed by atoms with E-state index in [9.17, 15) is 0 Å². The molecule has 0 saturated carbocycles. The lowest BCUT2D eigenvalue weighted by atomic mass is 10.1. The zero-order valence-corrected chi connectivity index (χ0v) is 15.2. The third-order valence-corrected chi connectivity index (χ3v) is 5.49. The molecule has 6 rings (SSSR count). The molecule has 3 heterocycles. The third-order valence-electron chi connectivity index (χ3n) is 5.49. The molecule has 0 aliphatic rings. The maximum Gasteiger partial charge on any atom is 0.143 e. The first kappa shape index (κ1) is 15.3. The monoisotopic (exact) mass is 362 g/mol. The molecule has 0 amide bonds. The number of nitrogens with zero attached hydrogens (tertiary/aromatic N) is 2. The van der Waals surface area contributed by atoms with Gasteiger partial charge >= 0.3 is 0 Å². The Morgan fingerprint density at radius 2 is 1.39 bits per heavy atom. The third kappa shape index (κ3) is 2.21. The van der Waals surface area contributed by atoms with Crippen LogP contribution in [0.4, 0.5) is 0 Å². The van der Waals surface area contributed by atoms with Crippen LogP contribution in [-0.4, -0.2) is 19.5 Å². The fourth-order valence-corrected chi connectivity index (χ4v) is 4.13. The number of aromatic nitrogens is 4. The van der Waals surface area contributed by atoms with Gasteiger partial charge in [-0.15, -0.1) is 0 Å². The van der Waals surface area contributed by atoms with Crippen molar-refractivity contribution in [3.8, 4) is 11.4 Å². The molecule has 0 aliphatic heterocycles. The number of H-pyrrole nitrogens is 2.